The molecule has 0 aliphatic carbocycles. The van der Waals surface area contributed by atoms with Crippen LogP contribution in [0.25, 0.3) is 0 Å². The minimum Gasteiger partial charge on any atom is -0.493 e. The predicted octanol–water partition coefficient (Wildman–Crippen LogP) is 3.54. The molecule has 226 valence electrons. The molecule has 42 heavy (non-hydrogen) atoms. The molecule has 3 aliphatic heterocycles. The summed E-state index contributed by atoms with van der Waals surface area (Å²) in [5, 5.41) is 14.0. The number of rotatable bonds is 7. The zero-order chi connectivity index (χ0) is 30.0. The number of ether oxygens (including phenoxy) is 3. The fourth-order valence-electron chi connectivity index (χ4n) is 6.07. The molecule has 2 unspecified atom stereocenters. The average Bonchev–Trinajstić information content (AvgIpc) is 3.21. The first-order valence-electron chi connectivity index (χ1n) is 14.8. The summed E-state index contributed by atoms with van der Waals surface area (Å²) in [6.45, 7) is 8.83. The van der Waals surface area contributed by atoms with E-state index in [9.17, 15) is 19.5 Å². The molecule has 10 nitrogen and oxygen atoms in total. The Bertz CT molecular complexity index is 1310. The normalized spacial score (nSPS) is 22.3. The third-order valence-corrected chi connectivity index (χ3v) is 8.08. The van der Waals surface area contributed by atoms with Crippen LogP contribution in [-0.4, -0.2) is 89.0 Å². The van der Waals surface area contributed by atoms with Crippen molar-refractivity contribution in [2.75, 3.05) is 26.4 Å². The Balaban J connectivity index is 1.29. The number of carbonyl (C=O) groups is 3. The summed E-state index contributed by atoms with van der Waals surface area (Å²) >= 11 is 0. The van der Waals surface area contributed by atoms with E-state index in [1.165, 1.54) is 4.90 Å². The molecule has 2 aromatic carbocycles. The van der Waals surface area contributed by atoms with Crippen LogP contribution in [0.4, 0.5) is 4.79 Å². The van der Waals surface area contributed by atoms with E-state index in [1.807, 2.05) is 36.1 Å². The van der Waals surface area contributed by atoms with E-state index in [-0.39, 0.29) is 30.1 Å². The lowest BCUT2D eigenvalue weighted by Gasteiger charge is -2.40. The molecule has 5 rings (SSSR count). The summed E-state index contributed by atoms with van der Waals surface area (Å²) in [6.07, 6.45) is 0.713. The van der Waals surface area contributed by atoms with Gasteiger partial charge in [0.25, 0.3) is 11.8 Å². The van der Waals surface area contributed by atoms with Crippen molar-refractivity contribution in [3.05, 3.63) is 64.7 Å². The highest BCUT2D eigenvalue weighted by Crippen LogP contribution is 2.32. The molecule has 2 N–H and O–H groups in total. The Morgan fingerprint density at radius 3 is 2.43 bits per heavy atom. The number of aliphatic hydroxyl groups excluding tert-OH is 1. The number of fused-ring (bicyclic) bond motifs is 3. The summed E-state index contributed by atoms with van der Waals surface area (Å²) in [6, 6.07) is 12.2. The van der Waals surface area contributed by atoms with E-state index in [1.54, 1.807) is 39.0 Å². The Labute approximate surface area is 246 Å². The molecule has 0 spiro atoms. The zero-order valence-corrected chi connectivity index (χ0v) is 24.8. The van der Waals surface area contributed by atoms with Gasteiger partial charge in [-0.1, -0.05) is 24.3 Å². The van der Waals surface area contributed by atoms with Crippen molar-refractivity contribution in [1.29, 1.82) is 0 Å². The number of nitrogens with zero attached hydrogens (tertiary/aromatic N) is 2. The van der Waals surface area contributed by atoms with E-state index >= 15 is 0 Å². The van der Waals surface area contributed by atoms with Crippen molar-refractivity contribution >= 4 is 17.9 Å². The molecule has 0 aromatic heterocycles. The van der Waals surface area contributed by atoms with Gasteiger partial charge < -0.3 is 29.5 Å². The highest BCUT2D eigenvalue weighted by molar-refractivity contribution is 6.00. The minimum atomic E-state index is -1.05. The third kappa shape index (κ3) is 6.39. The van der Waals surface area contributed by atoms with E-state index in [0.29, 0.717) is 44.1 Å². The number of carbonyl (C=O) groups excluding carboxylic acids is 3. The maximum Gasteiger partial charge on any atom is 0.410 e. The van der Waals surface area contributed by atoms with Crippen molar-refractivity contribution in [2.45, 2.75) is 83.3 Å². The first-order valence-corrected chi connectivity index (χ1v) is 14.8. The quantitative estimate of drug-likeness (QED) is 0.515. The number of hydrogen-bond acceptors (Lipinski definition) is 7. The van der Waals surface area contributed by atoms with E-state index < -0.39 is 29.7 Å². The molecule has 2 fully saturated rings. The first-order chi connectivity index (χ1) is 20.1. The van der Waals surface area contributed by atoms with Crippen LogP contribution in [0, 0.1) is 0 Å². The highest BCUT2D eigenvalue weighted by Gasteiger charge is 2.41. The van der Waals surface area contributed by atoms with Crippen molar-refractivity contribution in [3.63, 3.8) is 0 Å². The summed E-state index contributed by atoms with van der Waals surface area (Å²) in [4.78, 5) is 43.2. The molecular weight excluding hydrogens is 538 g/mol. The number of nitrogens with one attached hydrogen (secondary N) is 1. The molecule has 10 heteroatoms. The number of hydrogen-bond donors (Lipinski definition) is 2. The lowest BCUT2D eigenvalue weighted by molar-refractivity contribution is -0.0113. The van der Waals surface area contributed by atoms with Crippen LogP contribution in [0.5, 0.6) is 5.75 Å². The van der Waals surface area contributed by atoms with Crippen LogP contribution in [0.2, 0.25) is 0 Å². The maximum absolute atomic E-state index is 13.4. The Morgan fingerprint density at radius 2 is 1.76 bits per heavy atom. The molecule has 3 aliphatic rings. The van der Waals surface area contributed by atoms with Gasteiger partial charge in [-0.15, -0.1) is 0 Å². The van der Waals surface area contributed by atoms with Crippen LogP contribution in [0.1, 0.15) is 72.4 Å². The molecule has 4 atom stereocenters. The second-order valence-electron chi connectivity index (χ2n) is 12.2. The average molecular weight is 580 g/mol. The lowest BCUT2D eigenvalue weighted by Crippen LogP contribution is -2.54. The van der Waals surface area contributed by atoms with Gasteiger partial charge >= 0.3 is 6.09 Å². The molecule has 3 amide bonds. The fraction of sp³-hybridized carbons (Fsp3) is 0.531. The highest BCUT2D eigenvalue weighted by atomic mass is 16.6. The fourth-order valence-corrected chi connectivity index (χ4v) is 6.07. The van der Waals surface area contributed by atoms with Crippen molar-refractivity contribution in [3.8, 4) is 5.75 Å². The summed E-state index contributed by atoms with van der Waals surface area (Å²) < 4.78 is 17.0. The summed E-state index contributed by atoms with van der Waals surface area (Å²) in [7, 11) is 0. The Kier molecular flexibility index (Phi) is 8.75. The first kappa shape index (κ1) is 29.8. The zero-order valence-electron chi connectivity index (χ0n) is 24.8. The minimum absolute atomic E-state index is 0.0725. The molecule has 0 radical (unpaired) electrons. The largest absolute Gasteiger partial charge is 0.493 e. The van der Waals surface area contributed by atoms with Crippen LogP contribution >= 0.6 is 0 Å². The van der Waals surface area contributed by atoms with Gasteiger partial charge in [-0.2, -0.15) is 0 Å². The van der Waals surface area contributed by atoms with Crippen molar-refractivity contribution in [1.82, 2.24) is 15.1 Å². The maximum atomic E-state index is 13.4. The van der Waals surface area contributed by atoms with Gasteiger partial charge in [0.15, 0.2) is 0 Å². The van der Waals surface area contributed by atoms with E-state index in [2.05, 4.69) is 5.32 Å². The summed E-state index contributed by atoms with van der Waals surface area (Å²) in [5.41, 5.74) is 2.07. The molecule has 2 aromatic rings. The van der Waals surface area contributed by atoms with Gasteiger partial charge in [-0.3, -0.25) is 14.5 Å². The number of morpholine rings is 1. The second-order valence-corrected chi connectivity index (χ2v) is 12.2. The molecule has 0 saturated carbocycles. The lowest BCUT2D eigenvalue weighted by atomic mass is 9.91. The second kappa shape index (κ2) is 12.3. The van der Waals surface area contributed by atoms with Crippen LogP contribution < -0.4 is 10.1 Å². The molecule has 3 heterocycles. The van der Waals surface area contributed by atoms with E-state index in [4.69, 9.17) is 14.2 Å². The van der Waals surface area contributed by atoms with Gasteiger partial charge in [0, 0.05) is 18.7 Å². The standard InChI is InChI=1S/C32H41N3O7/c1-5-41-28-15-21(30(38)35-23-11-12-24(35)19-40-18-23)10-13-25(28)29(37)33-16-27(36)26-14-20-8-6-7-9-22(20)17-34(26)31(39)42-32(2,3)4/h6-10,13,15,23-24,26-27,36H,5,11-12,14,16-19H2,1-4H3,(H,33,37)/t23?,24?,26-,27+/m0/s1. The molecule has 2 saturated heterocycles. The predicted molar refractivity (Wildman–Crippen MR) is 155 cm³/mol. The van der Waals surface area contributed by atoms with Gasteiger partial charge in [-0.05, 0) is 76.3 Å². The van der Waals surface area contributed by atoms with Gasteiger partial charge in [0.1, 0.15) is 11.4 Å². The number of benzene rings is 2. The van der Waals surface area contributed by atoms with Crippen molar-refractivity contribution < 1.29 is 33.7 Å². The van der Waals surface area contributed by atoms with Gasteiger partial charge in [-0.25, -0.2) is 4.79 Å². The monoisotopic (exact) mass is 579 g/mol. The van der Waals surface area contributed by atoms with Crippen LogP contribution in [-0.2, 0) is 22.4 Å². The third-order valence-electron chi connectivity index (χ3n) is 8.08. The molecule has 2 bridgehead atoms. The number of aliphatic hydroxyl groups is 1. The Morgan fingerprint density at radius 1 is 1.07 bits per heavy atom. The van der Waals surface area contributed by atoms with Crippen LogP contribution in [0.15, 0.2) is 42.5 Å². The Hall–Kier alpha value is -3.63. The molecular formula is C32H41N3O7. The number of amides is 3. The van der Waals surface area contributed by atoms with Gasteiger partial charge in [0.05, 0.1) is 49.6 Å². The van der Waals surface area contributed by atoms with E-state index in [0.717, 1.165) is 24.0 Å². The van der Waals surface area contributed by atoms with Crippen LogP contribution in [0.3, 0.4) is 0 Å². The summed E-state index contributed by atoms with van der Waals surface area (Å²) in [5.74, 6) is -0.227. The smallest absolute Gasteiger partial charge is 0.410 e. The topological polar surface area (TPSA) is 118 Å². The van der Waals surface area contributed by atoms with Gasteiger partial charge in [0.2, 0.25) is 0 Å². The SMILES string of the molecule is CCOc1cc(C(=O)N2C3CCC2COC3)ccc1C(=O)NC[C@@H](O)[C@@H]1Cc2ccccc2CN1C(=O)OC(C)(C)C. The van der Waals surface area contributed by atoms with Crippen molar-refractivity contribution in [2.24, 2.45) is 0 Å².